The van der Waals surface area contributed by atoms with Crippen LogP contribution >= 0.6 is 15.9 Å². The minimum atomic E-state index is -0.295. The molecule has 5 heteroatoms. The number of benzene rings is 1. The van der Waals surface area contributed by atoms with Crippen LogP contribution in [0.5, 0.6) is 0 Å². The second kappa shape index (κ2) is 7.67. The van der Waals surface area contributed by atoms with Gasteiger partial charge in [-0.1, -0.05) is 22.9 Å². The van der Waals surface area contributed by atoms with E-state index in [2.05, 4.69) is 39.6 Å². The Morgan fingerprint density at radius 3 is 2.57 bits per heavy atom. The molecule has 0 heterocycles. The maximum Gasteiger partial charge on any atom is 0.338 e. The maximum absolute atomic E-state index is 12.0. The second-order valence-corrected chi connectivity index (χ2v) is 7.35. The molecule has 0 bridgehead atoms. The topological polar surface area (TPSA) is 50.4 Å². The Morgan fingerprint density at radius 1 is 1.39 bits per heavy atom. The van der Waals surface area contributed by atoms with E-state index in [4.69, 9.17) is 4.74 Å². The molecule has 2 N–H and O–H groups in total. The molecular formula is C18H27BrN2O2. The van der Waals surface area contributed by atoms with E-state index in [-0.39, 0.29) is 11.5 Å². The lowest BCUT2D eigenvalue weighted by atomic mass is 9.77. The van der Waals surface area contributed by atoms with Gasteiger partial charge >= 0.3 is 5.97 Å². The Labute approximate surface area is 147 Å². The first-order chi connectivity index (χ1) is 10.9. The summed E-state index contributed by atoms with van der Waals surface area (Å²) in [5, 5.41) is 7.14. The highest BCUT2D eigenvalue weighted by Crippen LogP contribution is 2.36. The van der Waals surface area contributed by atoms with E-state index in [9.17, 15) is 4.79 Å². The van der Waals surface area contributed by atoms with Crippen molar-refractivity contribution in [3.05, 3.63) is 27.7 Å². The normalized spacial score (nSPS) is 24.3. The number of ether oxygens (including phenoxy) is 1. The summed E-state index contributed by atoms with van der Waals surface area (Å²) in [7, 11) is 3.46. The van der Waals surface area contributed by atoms with Crippen LogP contribution in [0.3, 0.4) is 0 Å². The third-order valence-corrected chi connectivity index (χ3v) is 5.66. The van der Waals surface area contributed by atoms with E-state index in [0.717, 1.165) is 35.0 Å². The van der Waals surface area contributed by atoms with Gasteiger partial charge in [0, 0.05) is 21.7 Å². The highest BCUT2D eigenvalue weighted by Gasteiger charge is 2.34. The number of hydrogen-bond acceptors (Lipinski definition) is 4. The second-order valence-electron chi connectivity index (χ2n) is 6.44. The number of hydrogen-bond donors (Lipinski definition) is 2. The van der Waals surface area contributed by atoms with Crippen LogP contribution in [0.4, 0.5) is 5.69 Å². The molecule has 1 aliphatic carbocycles. The van der Waals surface area contributed by atoms with Crippen LogP contribution in [0.1, 0.15) is 54.9 Å². The summed E-state index contributed by atoms with van der Waals surface area (Å²) in [6, 6.07) is 4.50. The molecule has 4 nitrogen and oxygen atoms in total. The highest BCUT2D eigenvalue weighted by molar-refractivity contribution is 9.10. The Bertz CT molecular complexity index is 566. The average molecular weight is 383 g/mol. The summed E-state index contributed by atoms with van der Waals surface area (Å²) in [6.45, 7) is 4.21. The number of esters is 1. The molecule has 128 valence electrons. The van der Waals surface area contributed by atoms with E-state index < -0.39 is 0 Å². The smallest absolute Gasteiger partial charge is 0.338 e. The predicted octanol–water partition coefficient (Wildman–Crippen LogP) is 4.27. The summed E-state index contributed by atoms with van der Waals surface area (Å²) in [6.07, 6.45) is 5.69. The molecule has 0 aliphatic heterocycles. The van der Waals surface area contributed by atoms with E-state index in [1.54, 1.807) is 0 Å². The summed E-state index contributed by atoms with van der Waals surface area (Å²) in [5.41, 5.74) is 2.68. The maximum atomic E-state index is 12.0. The first-order valence-electron chi connectivity index (χ1n) is 8.28. The molecule has 0 atom stereocenters. The van der Waals surface area contributed by atoms with Gasteiger partial charge in [-0.25, -0.2) is 4.79 Å². The van der Waals surface area contributed by atoms with Crippen molar-refractivity contribution in [2.45, 2.75) is 57.5 Å². The van der Waals surface area contributed by atoms with Crippen molar-refractivity contribution in [1.29, 1.82) is 0 Å². The van der Waals surface area contributed by atoms with Crippen LogP contribution in [0.25, 0.3) is 0 Å². The molecule has 23 heavy (non-hydrogen) atoms. The number of nitrogens with one attached hydrogen (secondary N) is 2. The molecule has 1 fully saturated rings. The van der Waals surface area contributed by atoms with Gasteiger partial charge in [0.05, 0.1) is 12.7 Å². The number of anilines is 1. The van der Waals surface area contributed by atoms with Gasteiger partial charge in [0.25, 0.3) is 0 Å². The molecule has 1 aliphatic rings. The SMILES string of the molecule is CC[C@]1(Nc2cc(Br)cc(C(=O)OC)c2C)CC[C@@H](NC)CC1. The van der Waals surface area contributed by atoms with Crippen LogP contribution in [-0.2, 0) is 4.74 Å². The van der Waals surface area contributed by atoms with Gasteiger partial charge in [-0.2, -0.15) is 0 Å². The standard InChI is InChI=1S/C18H27BrN2O2/c1-5-18(8-6-14(20-3)7-9-18)21-16-11-13(19)10-15(12(16)2)17(22)23-4/h10-11,14,20-21H,5-9H2,1-4H3/t14-,18+. The number of halogens is 1. The highest BCUT2D eigenvalue weighted by atomic mass is 79.9. The Kier molecular flexibility index (Phi) is 6.09. The number of methoxy groups -OCH3 is 1. The Balaban J connectivity index is 2.28. The van der Waals surface area contributed by atoms with Crippen molar-refractivity contribution in [1.82, 2.24) is 5.32 Å². The molecule has 1 aromatic rings. The third kappa shape index (κ3) is 4.07. The van der Waals surface area contributed by atoms with Gasteiger partial charge in [-0.3, -0.25) is 0 Å². The molecule has 1 saturated carbocycles. The van der Waals surface area contributed by atoms with Crippen molar-refractivity contribution < 1.29 is 9.53 Å². The van der Waals surface area contributed by atoms with Gasteiger partial charge < -0.3 is 15.4 Å². The van der Waals surface area contributed by atoms with Crippen LogP contribution in [0.2, 0.25) is 0 Å². The number of rotatable bonds is 5. The first kappa shape index (κ1) is 18.3. The van der Waals surface area contributed by atoms with E-state index in [0.29, 0.717) is 11.6 Å². The lowest BCUT2D eigenvalue weighted by Crippen LogP contribution is -2.45. The van der Waals surface area contributed by atoms with Crippen LogP contribution in [0.15, 0.2) is 16.6 Å². The van der Waals surface area contributed by atoms with Crippen molar-refractivity contribution in [3.63, 3.8) is 0 Å². The Hall–Kier alpha value is -1.07. The summed E-state index contributed by atoms with van der Waals surface area (Å²) < 4.78 is 5.79. The molecule has 0 saturated heterocycles. The van der Waals surface area contributed by atoms with E-state index in [1.165, 1.54) is 20.0 Å². The Morgan fingerprint density at radius 2 is 2.04 bits per heavy atom. The summed E-state index contributed by atoms with van der Waals surface area (Å²) in [4.78, 5) is 12.0. The minimum Gasteiger partial charge on any atom is -0.465 e. The van der Waals surface area contributed by atoms with Crippen LogP contribution < -0.4 is 10.6 Å². The van der Waals surface area contributed by atoms with Gasteiger partial charge in [-0.15, -0.1) is 0 Å². The number of carbonyl (C=O) groups excluding carboxylic acids is 1. The molecule has 0 spiro atoms. The lowest BCUT2D eigenvalue weighted by Gasteiger charge is -2.41. The van der Waals surface area contributed by atoms with Gasteiger partial charge in [-0.05, 0) is 63.8 Å². The lowest BCUT2D eigenvalue weighted by molar-refractivity contribution is 0.0600. The molecule has 2 rings (SSSR count). The van der Waals surface area contributed by atoms with Crippen molar-refractivity contribution in [3.8, 4) is 0 Å². The fraction of sp³-hybridized carbons (Fsp3) is 0.611. The van der Waals surface area contributed by atoms with Gasteiger partial charge in [0.2, 0.25) is 0 Å². The molecule has 0 radical (unpaired) electrons. The zero-order chi connectivity index (χ0) is 17.0. The third-order valence-electron chi connectivity index (χ3n) is 5.21. The fourth-order valence-electron chi connectivity index (χ4n) is 3.44. The summed E-state index contributed by atoms with van der Waals surface area (Å²) in [5.74, 6) is -0.295. The molecule has 0 unspecified atom stereocenters. The quantitative estimate of drug-likeness (QED) is 0.746. The van der Waals surface area contributed by atoms with E-state index >= 15 is 0 Å². The zero-order valence-corrected chi connectivity index (χ0v) is 16.0. The van der Waals surface area contributed by atoms with Crippen LogP contribution in [-0.4, -0.2) is 31.7 Å². The van der Waals surface area contributed by atoms with Crippen molar-refractivity contribution in [2.24, 2.45) is 0 Å². The van der Waals surface area contributed by atoms with Crippen molar-refractivity contribution in [2.75, 3.05) is 19.5 Å². The molecular weight excluding hydrogens is 356 g/mol. The fourth-order valence-corrected chi connectivity index (χ4v) is 3.90. The summed E-state index contributed by atoms with van der Waals surface area (Å²) >= 11 is 3.51. The first-order valence-corrected chi connectivity index (χ1v) is 9.08. The number of carbonyl (C=O) groups is 1. The molecule has 0 aromatic heterocycles. The molecule has 0 amide bonds. The zero-order valence-electron chi connectivity index (χ0n) is 14.5. The van der Waals surface area contributed by atoms with Crippen LogP contribution in [0, 0.1) is 6.92 Å². The molecule has 1 aromatic carbocycles. The average Bonchev–Trinajstić information content (AvgIpc) is 2.57. The van der Waals surface area contributed by atoms with Crippen molar-refractivity contribution >= 4 is 27.6 Å². The van der Waals surface area contributed by atoms with Gasteiger partial charge in [0.1, 0.15) is 0 Å². The van der Waals surface area contributed by atoms with Gasteiger partial charge in [0.15, 0.2) is 0 Å². The largest absolute Gasteiger partial charge is 0.465 e. The monoisotopic (exact) mass is 382 g/mol. The minimum absolute atomic E-state index is 0.103. The van der Waals surface area contributed by atoms with E-state index in [1.807, 2.05) is 20.0 Å². The predicted molar refractivity (Wildman–Crippen MR) is 98.2 cm³/mol.